The molecule has 0 radical (unpaired) electrons. The number of hydrogen-bond acceptors (Lipinski definition) is 4. The molecule has 18 heavy (non-hydrogen) atoms. The van der Waals surface area contributed by atoms with Crippen molar-refractivity contribution in [2.24, 2.45) is 5.92 Å². The fraction of sp³-hybridized carbons (Fsp3) is 0.923. The Balaban J connectivity index is 3.05. The van der Waals surface area contributed by atoms with Crippen LogP contribution in [-0.4, -0.2) is 52.1 Å². The van der Waals surface area contributed by atoms with Gasteiger partial charge in [0.25, 0.3) is 0 Å². The molecule has 0 spiro atoms. The fourth-order valence-electron chi connectivity index (χ4n) is 1.17. The lowest BCUT2D eigenvalue weighted by Crippen LogP contribution is -2.29. The number of nitrogens with one attached hydrogen (secondary N) is 1. The van der Waals surface area contributed by atoms with Gasteiger partial charge < -0.3 is 19.5 Å². The van der Waals surface area contributed by atoms with Gasteiger partial charge in [-0.05, 0) is 13.3 Å². The highest BCUT2D eigenvalue weighted by Crippen LogP contribution is 1.90. The van der Waals surface area contributed by atoms with Crippen molar-refractivity contribution >= 4 is 5.91 Å². The van der Waals surface area contributed by atoms with Crippen LogP contribution < -0.4 is 5.32 Å². The molecule has 0 aliphatic rings. The van der Waals surface area contributed by atoms with Gasteiger partial charge in [-0.3, -0.25) is 4.79 Å². The fourth-order valence-corrected chi connectivity index (χ4v) is 1.17. The van der Waals surface area contributed by atoms with Gasteiger partial charge in [-0.25, -0.2) is 0 Å². The van der Waals surface area contributed by atoms with Gasteiger partial charge in [-0.1, -0.05) is 13.8 Å². The Hall–Kier alpha value is -0.650. The second-order valence-corrected chi connectivity index (χ2v) is 4.22. The maximum Gasteiger partial charge on any atom is 0.222 e. The molecule has 0 saturated heterocycles. The molecule has 5 nitrogen and oxygen atoms in total. The molecule has 1 amide bonds. The van der Waals surface area contributed by atoms with Crippen LogP contribution >= 0.6 is 0 Å². The molecule has 0 saturated carbocycles. The zero-order valence-corrected chi connectivity index (χ0v) is 11.9. The van der Waals surface area contributed by atoms with Crippen molar-refractivity contribution in [3.63, 3.8) is 0 Å². The highest BCUT2D eigenvalue weighted by Gasteiger charge is 2.04. The lowest BCUT2D eigenvalue weighted by atomic mass is 10.2. The van der Waals surface area contributed by atoms with Crippen molar-refractivity contribution in [2.45, 2.75) is 27.2 Å². The summed E-state index contributed by atoms with van der Waals surface area (Å²) in [5.74, 6) is 0.138. The number of hydrogen-bond donors (Lipinski definition) is 1. The molecular weight excluding hydrogens is 234 g/mol. The summed E-state index contributed by atoms with van der Waals surface area (Å²) < 4.78 is 15.8. The predicted octanol–water partition coefficient (Wildman–Crippen LogP) is 1.22. The van der Waals surface area contributed by atoms with Crippen LogP contribution in [0.1, 0.15) is 27.2 Å². The maximum absolute atomic E-state index is 11.2. The second kappa shape index (κ2) is 12.8. The van der Waals surface area contributed by atoms with Crippen LogP contribution in [0.25, 0.3) is 0 Å². The van der Waals surface area contributed by atoms with E-state index in [-0.39, 0.29) is 11.8 Å². The molecule has 0 bridgehead atoms. The van der Waals surface area contributed by atoms with Crippen molar-refractivity contribution < 1.29 is 19.0 Å². The summed E-state index contributed by atoms with van der Waals surface area (Å²) in [6, 6.07) is 0. The number of amides is 1. The average molecular weight is 261 g/mol. The Bertz CT molecular complexity index is 197. The SMILES string of the molecule is CCOCCOCCOCCCNC(=O)C(C)C. The molecule has 108 valence electrons. The minimum absolute atomic E-state index is 0.0460. The van der Waals surface area contributed by atoms with E-state index in [0.29, 0.717) is 39.6 Å². The zero-order chi connectivity index (χ0) is 13.6. The van der Waals surface area contributed by atoms with Crippen LogP contribution in [-0.2, 0) is 19.0 Å². The van der Waals surface area contributed by atoms with E-state index in [1.165, 1.54) is 0 Å². The molecule has 0 fully saturated rings. The van der Waals surface area contributed by atoms with Gasteiger partial charge in [0.15, 0.2) is 0 Å². The van der Waals surface area contributed by atoms with E-state index < -0.39 is 0 Å². The van der Waals surface area contributed by atoms with Crippen LogP contribution in [0.3, 0.4) is 0 Å². The maximum atomic E-state index is 11.2. The van der Waals surface area contributed by atoms with Crippen molar-refractivity contribution in [1.29, 1.82) is 0 Å². The van der Waals surface area contributed by atoms with Crippen molar-refractivity contribution in [1.82, 2.24) is 5.32 Å². The van der Waals surface area contributed by atoms with Gasteiger partial charge in [0, 0.05) is 25.7 Å². The third-order valence-electron chi connectivity index (χ3n) is 2.24. The van der Waals surface area contributed by atoms with Crippen molar-refractivity contribution in [2.75, 3.05) is 46.2 Å². The number of carbonyl (C=O) groups excluding carboxylic acids is 1. The minimum atomic E-state index is 0.0460. The lowest BCUT2D eigenvalue weighted by molar-refractivity contribution is -0.124. The summed E-state index contributed by atoms with van der Waals surface area (Å²) >= 11 is 0. The molecule has 5 heteroatoms. The zero-order valence-electron chi connectivity index (χ0n) is 11.9. The molecule has 0 heterocycles. The van der Waals surface area contributed by atoms with Gasteiger partial charge in [0.1, 0.15) is 0 Å². The summed E-state index contributed by atoms with van der Waals surface area (Å²) in [6.45, 7) is 10.2. The van der Waals surface area contributed by atoms with Gasteiger partial charge >= 0.3 is 0 Å². The molecule has 0 atom stereocenters. The van der Waals surface area contributed by atoms with E-state index in [9.17, 15) is 4.79 Å². The van der Waals surface area contributed by atoms with Gasteiger partial charge in [-0.2, -0.15) is 0 Å². The van der Waals surface area contributed by atoms with Crippen LogP contribution in [0.2, 0.25) is 0 Å². The predicted molar refractivity (Wildman–Crippen MR) is 70.6 cm³/mol. The van der Waals surface area contributed by atoms with Gasteiger partial charge in [0.2, 0.25) is 5.91 Å². The molecule has 0 aliphatic carbocycles. The van der Waals surface area contributed by atoms with E-state index in [1.54, 1.807) is 0 Å². The first-order valence-electron chi connectivity index (χ1n) is 6.69. The topological polar surface area (TPSA) is 56.8 Å². The average Bonchev–Trinajstić information content (AvgIpc) is 2.35. The highest BCUT2D eigenvalue weighted by atomic mass is 16.5. The molecule has 0 aromatic carbocycles. The Morgan fingerprint density at radius 3 is 2.11 bits per heavy atom. The van der Waals surface area contributed by atoms with Crippen molar-refractivity contribution in [3.05, 3.63) is 0 Å². The summed E-state index contributed by atoms with van der Waals surface area (Å²) in [5.41, 5.74) is 0. The molecule has 0 unspecified atom stereocenters. The van der Waals surface area contributed by atoms with Crippen LogP contribution in [0, 0.1) is 5.92 Å². The first-order chi connectivity index (χ1) is 8.68. The van der Waals surface area contributed by atoms with E-state index in [0.717, 1.165) is 13.0 Å². The minimum Gasteiger partial charge on any atom is -0.379 e. The Morgan fingerprint density at radius 2 is 1.56 bits per heavy atom. The summed E-state index contributed by atoms with van der Waals surface area (Å²) in [6.07, 6.45) is 0.831. The summed E-state index contributed by atoms with van der Waals surface area (Å²) in [5, 5.41) is 2.84. The Labute approximate surface area is 110 Å². The van der Waals surface area contributed by atoms with Gasteiger partial charge in [0.05, 0.1) is 26.4 Å². The quantitative estimate of drug-likeness (QED) is 0.537. The number of rotatable bonds is 12. The van der Waals surface area contributed by atoms with E-state index in [1.807, 2.05) is 20.8 Å². The molecule has 0 aromatic heterocycles. The molecular formula is C13H27NO4. The monoisotopic (exact) mass is 261 g/mol. The van der Waals surface area contributed by atoms with E-state index in [4.69, 9.17) is 14.2 Å². The van der Waals surface area contributed by atoms with Crippen LogP contribution in [0.4, 0.5) is 0 Å². The van der Waals surface area contributed by atoms with Crippen LogP contribution in [0.15, 0.2) is 0 Å². The molecule has 0 rings (SSSR count). The number of carbonyl (C=O) groups is 1. The largest absolute Gasteiger partial charge is 0.379 e. The first-order valence-corrected chi connectivity index (χ1v) is 6.69. The molecule has 0 aromatic rings. The number of ether oxygens (including phenoxy) is 3. The molecule has 0 aliphatic heterocycles. The van der Waals surface area contributed by atoms with Gasteiger partial charge in [-0.15, -0.1) is 0 Å². The smallest absolute Gasteiger partial charge is 0.222 e. The van der Waals surface area contributed by atoms with E-state index >= 15 is 0 Å². The summed E-state index contributed by atoms with van der Waals surface area (Å²) in [4.78, 5) is 11.2. The van der Waals surface area contributed by atoms with Crippen molar-refractivity contribution in [3.8, 4) is 0 Å². The third kappa shape index (κ3) is 11.8. The summed E-state index contributed by atoms with van der Waals surface area (Å²) in [7, 11) is 0. The Kier molecular flexibility index (Phi) is 12.3. The standard InChI is InChI=1S/C13H27NO4/c1-4-16-8-9-18-11-10-17-7-5-6-14-13(15)12(2)3/h12H,4-11H2,1-3H3,(H,14,15). The Morgan fingerprint density at radius 1 is 1.00 bits per heavy atom. The first kappa shape index (κ1) is 17.4. The molecule has 1 N–H and O–H groups in total. The second-order valence-electron chi connectivity index (χ2n) is 4.22. The highest BCUT2D eigenvalue weighted by molar-refractivity contribution is 5.77. The van der Waals surface area contributed by atoms with Crippen LogP contribution in [0.5, 0.6) is 0 Å². The van der Waals surface area contributed by atoms with E-state index in [2.05, 4.69) is 5.32 Å². The normalized spacial score (nSPS) is 10.9. The third-order valence-corrected chi connectivity index (χ3v) is 2.24. The lowest BCUT2D eigenvalue weighted by Gasteiger charge is -2.08.